The Morgan fingerprint density at radius 1 is 1.43 bits per heavy atom. The Bertz CT molecular complexity index is 348. The zero-order valence-electron chi connectivity index (χ0n) is 14.0. The van der Waals surface area contributed by atoms with Crippen LogP contribution in [0.25, 0.3) is 0 Å². The van der Waals surface area contributed by atoms with Gasteiger partial charge in [-0.15, -0.1) is 0 Å². The third kappa shape index (κ3) is 4.18. The van der Waals surface area contributed by atoms with E-state index in [1.165, 1.54) is 0 Å². The first-order valence-electron chi connectivity index (χ1n) is 8.39. The van der Waals surface area contributed by atoms with E-state index in [1.54, 1.807) is 0 Å². The van der Waals surface area contributed by atoms with E-state index in [9.17, 15) is 4.79 Å². The number of carbonyl (C=O) groups is 1. The van der Waals surface area contributed by atoms with Crippen molar-refractivity contribution >= 4 is 5.91 Å². The van der Waals surface area contributed by atoms with Crippen molar-refractivity contribution in [1.82, 2.24) is 15.1 Å². The SMILES string of the molecule is CCCCC1NC(C(C)C)N(CC2CN(C)CCO2)C1=O. The summed E-state index contributed by atoms with van der Waals surface area (Å²) in [6.45, 7) is 9.89. The molecule has 0 aliphatic carbocycles. The van der Waals surface area contributed by atoms with Gasteiger partial charge in [-0.05, 0) is 19.4 Å². The van der Waals surface area contributed by atoms with Crippen molar-refractivity contribution in [3.05, 3.63) is 0 Å². The lowest BCUT2D eigenvalue weighted by Gasteiger charge is -2.35. The molecule has 1 amide bonds. The number of likely N-dealkylation sites (N-methyl/N-ethyl adjacent to an activating group) is 1. The quantitative estimate of drug-likeness (QED) is 0.802. The number of hydrogen-bond acceptors (Lipinski definition) is 4. The molecule has 0 radical (unpaired) electrons. The molecule has 3 atom stereocenters. The monoisotopic (exact) mass is 297 g/mol. The van der Waals surface area contributed by atoms with Crippen LogP contribution in [0.1, 0.15) is 40.0 Å². The molecule has 2 heterocycles. The van der Waals surface area contributed by atoms with Crippen LogP contribution >= 0.6 is 0 Å². The lowest BCUT2D eigenvalue weighted by molar-refractivity contribution is -0.134. The van der Waals surface area contributed by atoms with Gasteiger partial charge < -0.3 is 14.5 Å². The van der Waals surface area contributed by atoms with Crippen LogP contribution in [-0.4, -0.2) is 67.3 Å². The molecule has 5 heteroatoms. The largest absolute Gasteiger partial charge is 0.374 e. The molecule has 0 aromatic rings. The predicted octanol–water partition coefficient (Wildman–Crippen LogP) is 1.29. The molecule has 21 heavy (non-hydrogen) atoms. The third-order valence-corrected chi connectivity index (χ3v) is 4.51. The Morgan fingerprint density at radius 3 is 2.81 bits per heavy atom. The Labute approximate surface area is 129 Å². The molecule has 0 aromatic carbocycles. The predicted molar refractivity (Wildman–Crippen MR) is 84.0 cm³/mol. The van der Waals surface area contributed by atoms with Crippen molar-refractivity contribution in [2.24, 2.45) is 5.92 Å². The molecule has 122 valence electrons. The van der Waals surface area contributed by atoms with Crippen LogP contribution < -0.4 is 5.32 Å². The molecular formula is C16H31N3O2. The molecular weight excluding hydrogens is 266 g/mol. The Hall–Kier alpha value is -0.650. The highest BCUT2D eigenvalue weighted by atomic mass is 16.5. The third-order valence-electron chi connectivity index (χ3n) is 4.51. The molecule has 1 N–H and O–H groups in total. The topological polar surface area (TPSA) is 44.8 Å². The van der Waals surface area contributed by atoms with Crippen LogP contribution in [0.2, 0.25) is 0 Å². The van der Waals surface area contributed by atoms with E-state index in [0.717, 1.165) is 39.0 Å². The molecule has 2 rings (SSSR count). The van der Waals surface area contributed by atoms with E-state index in [0.29, 0.717) is 12.5 Å². The summed E-state index contributed by atoms with van der Waals surface area (Å²) in [4.78, 5) is 17.0. The number of rotatable bonds is 6. The first-order chi connectivity index (χ1) is 10.0. The van der Waals surface area contributed by atoms with Gasteiger partial charge >= 0.3 is 0 Å². The van der Waals surface area contributed by atoms with Gasteiger partial charge in [-0.3, -0.25) is 10.1 Å². The molecule has 0 spiro atoms. The van der Waals surface area contributed by atoms with Gasteiger partial charge in [0.2, 0.25) is 5.91 Å². The lowest BCUT2D eigenvalue weighted by Crippen LogP contribution is -2.50. The summed E-state index contributed by atoms with van der Waals surface area (Å²) < 4.78 is 5.84. The maximum absolute atomic E-state index is 12.7. The van der Waals surface area contributed by atoms with E-state index in [-0.39, 0.29) is 24.2 Å². The highest BCUT2D eigenvalue weighted by Crippen LogP contribution is 2.22. The van der Waals surface area contributed by atoms with Gasteiger partial charge in [0.05, 0.1) is 24.9 Å². The fraction of sp³-hybridized carbons (Fsp3) is 0.938. The molecule has 2 saturated heterocycles. The number of unbranched alkanes of at least 4 members (excludes halogenated alkanes) is 1. The van der Waals surface area contributed by atoms with Crippen molar-refractivity contribution in [2.45, 2.75) is 58.3 Å². The minimum absolute atomic E-state index is 0.00123. The van der Waals surface area contributed by atoms with E-state index in [1.807, 2.05) is 4.90 Å². The molecule has 2 fully saturated rings. The summed E-state index contributed by atoms with van der Waals surface area (Å²) in [5, 5.41) is 3.53. The van der Waals surface area contributed by atoms with Gasteiger partial charge in [0, 0.05) is 19.6 Å². The number of amides is 1. The number of morpholine rings is 1. The Kier molecular flexibility index (Phi) is 6.02. The van der Waals surface area contributed by atoms with Crippen molar-refractivity contribution in [2.75, 3.05) is 33.3 Å². The van der Waals surface area contributed by atoms with E-state index >= 15 is 0 Å². The van der Waals surface area contributed by atoms with Crippen LogP contribution in [0.4, 0.5) is 0 Å². The first kappa shape index (κ1) is 16.7. The smallest absolute Gasteiger partial charge is 0.241 e. The second-order valence-corrected chi connectivity index (χ2v) is 6.80. The maximum Gasteiger partial charge on any atom is 0.241 e. The number of carbonyl (C=O) groups excluding carboxylic acids is 1. The highest BCUT2D eigenvalue weighted by Gasteiger charge is 2.41. The average Bonchev–Trinajstić information content (AvgIpc) is 2.74. The van der Waals surface area contributed by atoms with Crippen molar-refractivity contribution in [3.63, 3.8) is 0 Å². The van der Waals surface area contributed by atoms with Crippen LogP contribution in [0.5, 0.6) is 0 Å². The van der Waals surface area contributed by atoms with Gasteiger partial charge in [-0.2, -0.15) is 0 Å². The maximum atomic E-state index is 12.7. The lowest BCUT2D eigenvalue weighted by atomic mass is 10.1. The molecule has 0 bridgehead atoms. The highest BCUT2D eigenvalue weighted by molar-refractivity contribution is 5.84. The molecule has 3 unspecified atom stereocenters. The van der Waals surface area contributed by atoms with E-state index in [4.69, 9.17) is 4.74 Å². The molecule has 5 nitrogen and oxygen atoms in total. The van der Waals surface area contributed by atoms with Crippen LogP contribution in [-0.2, 0) is 9.53 Å². The summed E-state index contributed by atoms with van der Waals surface area (Å²) in [7, 11) is 2.11. The Morgan fingerprint density at radius 2 is 2.19 bits per heavy atom. The molecule has 2 aliphatic heterocycles. The summed E-state index contributed by atoms with van der Waals surface area (Å²) in [5.74, 6) is 0.681. The van der Waals surface area contributed by atoms with Crippen molar-refractivity contribution < 1.29 is 9.53 Å². The van der Waals surface area contributed by atoms with Crippen molar-refractivity contribution in [3.8, 4) is 0 Å². The minimum atomic E-state index is -0.00123. The van der Waals surface area contributed by atoms with E-state index < -0.39 is 0 Å². The summed E-state index contributed by atoms with van der Waals surface area (Å²) in [5.41, 5.74) is 0. The number of hydrogen-bond donors (Lipinski definition) is 1. The number of nitrogens with zero attached hydrogens (tertiary/aromatic N) is 2. The van der Waals surface area contributed by atoms with Crippen LogP contribution in [0.3, 0.4) is 0 Å². The first-order valence-corrected chi connectivity index (χ1v) is 8.39. The van der Waals surface area contributed by atoms with Gasteiger partial charge in [0.15, 0.2) is 0 Å². The van der Waals surface area contributed by atoms with Crippen LogP contribution in [0.15, 0.2) is 0 Å². The zero-order chi connectivity index (χ0) is 15.4. The molecule has 0 saturated carbocycles. The molecule has 2 aliphatic rings. The fourth-order valence-electron chi connectivity index (χ4n) is 3.27. The zero-order valence-corrected chi connectivity index (χ0v) is 14.0. The minimum Gasteiger partial charge on any atom is -0.374 e. The number of nitrogens with one attached hydrogen (secondary N) is 1. The number of ether oxygens (including phenoxy) is 1. The summed E-state index contributed by atoms with van der Waals surface area (Å²) >= 11 is 0. The Balaban J connectivity index is 1.98. The van der Waals surface area contributed by atoms with Gasteiger partial charge in [0.25, 0.3) is 0 Å². The average molecular weight is 297 g/mol. The van der Waals surface area contributed by atoms with Gasteiger partial charge in [0.1, 0.15) is 0 Å². The summed E-state index contributed by atoms with van der Waals surface area (Å²) in [6.07, 6.45) is 3.47. The normalized spacial score (nSPS) is 31.4. The summed E-state index contributed by atoms with van der Waals surface area (Å²) in [6, 6.07) is -0.00123. The van der Waals surface area contributed by atoms with Crippen LogP contribution in [0, 0.1) is 5.92 Å². The van der Waals surface area contributed by atoms with Gasteiger partial charge in [-0.1, -0.05) is 33.6 Å². The second kappa shape index (κ2) is 7.56. The second-order valence-electron chi connectivity index (χ2n) is 6.80. The standard InChI is InChI=1S/C16H31N3O2/c1-5-6-7-14-16(20)19(15(17-14)12(2)3)11-13-10-18(4)8-9-21-13/h12-15,17H,5-11H2,1-4H3. The fourth-order valence-corrected chi connectivity index (χ4v) is 3.27. The molecule has 0 aromatic heterocycles. The van der Waals surface area contributed by atoms with Gasteiger partial charge in [-0.25, -0.2) is 0 Å². The van der Waals surface area contributed by atoms with E-state index in [2.05, 4.69) is 38.0 Å². The van der Waals surface area contributed by atoms with Crippen molar-refractivity contribution in [1.29, 1.82) is 0 Å².